The average Bonchev–Trinajstić information content (AvgIpc) is 3.25. The highest BCUT2D eigenvalue weighted by Crippen LogP contribution is 2.49. The molecule has 0 bridgehead atoms. The minimum atomic E-state index is -0.566. The van der Waals surface area contributed by atoms with E-state index in [9.17, 15) is 9.59 Å². The highest BCUT2D eigenvalue weighted by Gasteiger charge is 2.41. The van der Waals surface area contributed by atoms with Gasteiger partial charge in [0.2, 0.25) is 0 Å². The van der Waals surface area contributed by atoms with Crippen LogP contribution in [-0.4, -0.2) is 44.6 Å². The van der Waals surface area contributed by atoms with Gasteiger partial charge in [0.1, 0.15) is 5.56 Å². The number of pyridine rings is 1. The number of ether oxygens (including phenoxy) is 4. The van der Waals surface area contributed by atoms with E-state index in [0.717, 1.165) is 55.3 Å². The largest absolute Gasteiger partial charge is 0.493 e. The van der Waals surface area contributed by atoms with Crippen LogP contribution >= 0.6 is 0 Å². The predicted molar refractivity (Wildman–Crippen MR) is 121 cm³/mol. The molecule has 0 radical (unpaired) electrons. The molecule has 2 heterocycles. The van der Waals surface area contributed by atoms with E-state index in [0.29, 0.717) is 24.7 Å². The third kappa shape index (κ3) is 4.01. The van der Waals surface area contributed by atoms with E-state index in [-0.39, 0.29) is 23.1 Å². The minimum absolute atomic E-state index is 0.0930. The lowest BCUT2D eigenvalue weighted by Crippen LogP contribution is -2.39. The fraction of sp³-hybridized carbons (Fsp3) is 0.520. The number of carbonyl (C=O) groups is 1. The van der Waals surface area contributed by atoms with Crippen molar-refractivity contribution >= 4 is 5.97 Å². The van der Waals surface area contributed by atoms with E-state index in [4.69, 9.17) is 18.9 Å². The van der Waals surface area contributed by atoms with E-state index in [1.807, 2.05) is 12.1 Å². The highest BCUT2D eigenvalue weighted by molar-refractivity contribution is 5.89. The molecule has 0 unspecified atom stereocenters. The van der Waals surface area contributed by atoms with Gasteiger partial charge < -0.3 is 23.5 Å². The van der Waals surface area contributed by atoms with Gasteiger partial charge in [-0.1, -0.05) is 12.8 Å². The summed E-state index contributed by atoms with van der Waals surface area (Å²) in [6.07, 6.45) is 7.56. The van der Waals surface area contributed by atoms with Crippen molar-refractivity contribution in [2.24, 2.45) is 0 Å². The standard InChI is InChI=1S/C25H31NO6/c1-4-31-24(28)19-16-26-20(14-21(19)27)18-13-22(30-3)23(32-11-7-10-29-2)12-17(18)15-25(26)8-5-6-9-25/h12-14,16H,4-11,15H2,1-3H3. The molecule has 1 saturated carbocycles. The van der Waals surface area contributed by atoms with Crippen molar-refractivity contribution in [2.75, 3.05) is 34.0 Å². The molecule has 0 amide bonds. The van der Waals surface area contributed by atoms with Crippen LogP contribution in [0, 0.1) is 0 Å². The first-order chi connectivity index (χ1) is 15.5. The molecule has 4 rings (SSSR count). The summed E-state index contributed by atoms with van der Waals surface area (Å²) in [6, 6.07) is 5.56. The summed E-state index contributed by atoms with van der Waals surface area (Å²) in [5.41, 5.74) is 2.51. The lowest BCUT2D eigenvalue weighted by atomic mass is 9.81. The zero-order valence-corrected chi connectivity index (χ0v) is 19.1. The molecule has 0 atom stereocenters. The number of esters is 1. The molecule has 172 valence electrons. The van der Waals surface area contributed by atoms with Crippen molar-refractivity contribution in [1.29, 1.82) is 0 Å². The molecule has 1 aliphatic carbocycles. The van der Waals surface area contributed by atoms with Crippen molar-refractivity contribution in [2.45, 2.75) is 51.0 Å². The zero-order valence-electron chi connectivity index (χ0n) is 19.1. The molecule has 1 aromatic heterocycles. The Hall–Kier alpha value is -2.80. The number of methoxy groups -OCH3 is 2. The Morgan fingerprint density at radius 1 is 1.09 bits per heavy atom. The molecule has 0 N–H and O–H groups in total. The van der Waals surface area contributed by atoms with Crippen molar-refractivity contribution < 1.29 is 23.7 Å². The summed E-state index contributed by atoms with van der Waals surface area (Å²) >= 11 is 0. The number of carbonyl (C=O) groups excluding carboxylic acids is 1. The first-order valence-electron chi connectivity index (χ1n) is 11.3. The van der Waals surface area contributed by atoms with Crippen LogP contribution in [0.1, 0.15) is 54.9 Å². The van der Waals surface area contributed by atoms with Crippen LogP contribution in [0.4, 0.5) is 0 Å². The third-order valence-corrected chi connectivity index (χ3v) is 6.53. The summed E-state index contributed by atoms with van der Waals surface area (Å²) in [5, 5.41) is 0. The lowest BCUT2D eigenvalue weighted by molar-refractivity contribution is 0.0523. The molecular weight excluding hydrogens is 410 g/mol. The fourth-order valence-corrected chi connectivity index (χ4v) is 5.03. The number of hydrogen-bond donors (Lipinski definition) is 0. The van der Waals surface area contributed by atoms with Gasteiger partial charge in [0.15, 0.2) is 16.9 Å². The van der Waals surface area contributed by atoms with Gasteiger partial charge in [0, 0.05) is 43.5 Å². The predicted octanol–water partition coefficient (Wildman–Crippen LogP) is 3.94. The third-order valence-electron chi connectivity index (χ3n) is 6.53. The Bertz CT molecular complexity index is 1050. The molecule has 0 saturated heterocycles. The van der Waals surface area contributed by atoms with Gasteiger partial charge in [-0.05, 0) is 43.9 Å². The van der Waals surface area contributed by atoms with Crippen molar-refractivity contribution in [3.05, 3.63) is 45.7 Å². The Morgan fingerprint density at radius 2 is 1.88 bits per heavy atom. The SMILES string of the molecule is CCOC(=O)c1cn2c(cc1=O)-c1cc(OC)c(OCCCOC)cc1CC21CCCC1. The van der Waals surface area contributed by atoms with E-state index < -0.39 is 5.97 Å². The number of benzene rings is 1. The second-order valence-corrected chi connectivity index (χ2v) is 8.49. The van der Waals surface area contributed by atoms with Gasteiger partial charge in [0.25, 0.3) is 0 Å². The van der Waals surface area contributed by atoms with Crippen LogP contribution in [0.15, 0.2) is 29.2 Å². The van der Waals surface area contributed by atoms with Gasteiger partial charge in [-0.15, -0.1) is 0 Å². The summed E-state index contributed by atoms with van der Waals surface area (Å²) in [7, 11) is 3.29. The van der Waals surface area contributed by atoms with Crippen LogP contribution in [0.25, 0.3) is 11.3 Å². The first-order valence-corrected chi connectivity index (χ1v) is 11.3. The van der Waals surface area contributed by atoms with E-state index >= 15 is 0 Å². The maximum Gasteiger partial charge on any atom is 0.343 e. The Labute approximate surface area is 188 Å². The number of hydrogen-bond acceptors (Lipinski definition) is 6. The molecule has 2 aliphatic rings. The maximum atomic E-state index is 12.9. The Balaban J connectivity index is 1.81. The lowest BCUT2D eigenvalue weighted by Gasteiger charge is -2.40. The second kappa shape index (κ2) is 9.36. The molecule has 1 fully saturated rings. The molecule has 1 spiro atoms. The molecule has 7 nitrogen and oxygen atoms in total. The summed E-state index contributed by atoms with van der Waals surface area (Å²) in [4.78, 5) is 25.3. The maximum absolute atomic E-state index is 12.9. The summed E-state index contributed by atoms with van der Waals surface area (Å²) in [5.74, 6) is 0.760. The van der Waals surface area contributed by atoms with Crippen LogP contribution in [0.3, 0.4) is 0 Å². The minimum Gasteiger partial charge on any atom is -0.493 e. The highest BCUT2D eigenvalue weighted by atomic mass is 16.5. The Kier molecular flexibility index (Phi) is 6.55. The van der Waals surface area contributed by atoms with Gasteiger partial charge in [-0.2, -0.15) is 0 Å². The van der Waals surface area contributed by atoms with Crippen LogP contribution < -0.4 is 14.9 Å². The Morgan fingerprint density at radius 3 is 2.56 bits per heavy atom. The van der Waals surface area contributed by atoms with E-state index in [1.165, 1.54) is 0 Å². The zero-order chi connectivity index (χ0) is 22.7. The van der Waals surface area contributed by atoms with Crippen LogP contribution in [0.2, 0.25) is 0 Å². The van der Waals surface area contributed by atoms with E-state index in [1.54, 1.807) is 33.4 Å². The number of aromatic nitrogens is 1. The number of rotatable bonds is 8. The fourth-order valence-electron chi connectivity index (χ4n) is 5.03. The molecular formula is C25H31NO6. The molecule has 1 aromatic carbocycles. The van der Waals surface area contributed by atoms with Gasteiger partial charge in [-0.25, -0.2) is 4.79 Å². The van der Waals surface area contributed by atoms with Crippen LogP contribution in [0.5, 0.6) is 11.5 Å². The summed E-state index contributed by atoms with van der Waals surface area (Å²) < 4.78 is 24.0. The average molecular weight is 442 g/mol. The topological polar surface area (TPSA) is 76.0 Å². The first kappa shape index (κ1) is 22.4. The number of nitrogens with zero attached hydrogens (tertiary/aromatic N) is 1. The molecule has 1 aliphatic heterocycles. The smallest absolute Gasteiger partial charge is 0.343 e. The molecule has 7 heteroatoms. The molecule has 32 heavy (non-hydrogen) atoms. The van der Waals surface area contributed by atoms with Gasteiger partial charge in [-0.3, -0.25) is 4.79 Å². The van der Waals surface area contributed by atoms with Crippen LogP contribution in [-0.2, 0) is 21.4 Å². The summed E-state index contributed by atoms with van der Waals surface area (Å²) in [6.45, 7) is 3.14. The molecule has 2 aromatic rings. The van der Waals surface area contributed by atoms with Crippen molar-refractivity contribution in [3.63, 3.8) is 0 Å². The second-order valence-electron chi connectivity index (χ2n) is 8.49. The van der Waals surface area contributed by atoms with Crippen molar-refractivity contribution in [1.82, 2.24) is 4.57 Å². The monoisotopic (exact) mass is 441 g/mol. The quantitative estimate of drug-likeness (QED) is 0.456. The number of fused-ring (bicyclic) bond motifs is 4. The van der Waals surface area contributed by atoms with Gasteiger partial charge in [0.05, 0.1) is 26.0 Å². The van der Waals surface area contributed by atoms with Crippen molar-refractivity contribution in [3.8, 4) is 22.8 Å². The normalized spacial score (nSPS) is 15.8. The van der Waals surface area contributed by atoms with E-state index in [2.05, 4.69) is 4.57 Å². The van der Waals surface area contributed by atoms with Gasteiger partial charge >= 0.3 is 5.97 Å².